The fraction of sp³-hybridized carbons (Fsp3) is 0.222. The largest absolute Gasteiger partial charge is 0.481 e. The number of aromatic nitrogens is 1. The molecule has 0 fully saturated rings. The molecule has 0 aliphatic carbocycles. The van der Waals surface area contributed by atoms with E-state index < -0.39 is 5.97 Å². The van der Waals surface area contributed by atoms with E-state index in [4.69, 9.17) is 10.8 Å². The second kappa shape index (κ2) is 3.87. The van der Waals surface area contributed by atoms with Crippen molar-refractivity contribution in [2.45, 2.75) is 13.3 Å². The van der Waals surface area contributed by atoms with E-state index in [1.54, 1.807) is 0 Å². The van der Waals surface area contributed by atoms with Crippen LogP contribution in [0.5, 0.6) is 0 Å². The van der Waals surface area contributed by atoms with Crippen LogP contribution in [0.15, 0.2) is 12.1 Å². The SMILES string of the molecule is CC(=O)c1cc(N)nc(CC(=O)O)c1. The van der Waals surface area contributed by atoms with Crippen LogP contribution in [0, 0.1) is 0 Å². The maximum atomic E-state index is 11.0. The quantitative estimate of drug-likeness (QED) is 0.683. The Kier molecular flexibility index (Phi) is 2.81. The lowest BCUT2D eigenvalue weighted by Crippen LogP contribution is -2.06. The Morgan fingerprint density at radius 2 is 2.14 bits per heavy atom. The summed E-state index contributed by atoms with van der Waals surface area (Å²) in [6.07, 6.45) is -0.231. The van der Waals surface area contributed by atoms with Crippen molar-refractivity contribution in [1.29, 1.82) is 0 Å². The van der Waals surface area contributed by atoms with Crippen LogP contribution in [0.25, 0.3) is 0 Å². The topological polar surface area (TPSA) is 93.3 Å². The van der Waals surface area contributed by atoms with Gasteiger partial charge in [-0.15, -0.1) is 0 Å². The van der Waals surface area contributed by atoms with Gasteiger partial charge in [-0.05, 0) is 19.1 Å². The number of rotatable bonds is 3. The maximum Gasteiger partial charge on any atom is 0.309 e. The van der Waals surface area contributed by atoms with Gasteiger partial charge in [-0.3, -0.25) is 9.59 Å². The third-order valence-electron chi connectivity index (χ3n) is 1.64. The first kappa shape index (κ1) is 10.2. The fourth-order valence-corrected chi connectivity index (χ4v) is 1.06. The minimum atomic E-state index is -1.00. The number of ketones is 1. The highest BCUT2D eigenvalue weighted by molar-refractivity contribution is 5.94. The van der Waals surface area contributed by atoms with Crippen molar-refractivity contribution in [3.05, 3.63) is 23.4 Å². The van der Waals surface area contributed by atoms with Crippen molar-refractivity contribution in [3.8, 4) is 0 Å². The summed E-state index contributed by atoms with van der Waals surface area (Å²) in [6, 6.07) is 2.86. The van der Waals surface area contributed by atoms with Gasteiger partial charge in [0.15, 0.2) is 5.78 Å². The molecule has 0 saturated heterocycles. The van der Waals surface area contributed by atoms with Crippen LogP contribution in [0.3, 0.4) is 0 Å². The molecule has 0 radical (unpaired) electrons. The Morgan fingerprint density at radius 3 is 2.64 bits per heavy atom. The van der Waals surface area contributed by atoms with E-state index in [0.717, 1.165) is 0 Å². The first-order chi connectivity index (χ1) is 6.49. The summed E-state index contributed by atoms with van der Waals surface area (Å²) in [5.41, 5.74) is 6.09. The molecule has 0 bridgehead atoms. The second-order valence-electron chi connectivity index (χ2n) is 2.90. The van der Waals surface area contributed by atoms with Crippen LogP contribution in [-0.2, 0) is 11.2 Å². The zero-order valence-electron chi connectivity index (χ0n) is 7.65. The highest BCUT2D eigenvalue weighted by Crippen LogP contribution is 2.09. The molecule has 1 heterocycles. The van der Waals surface area contributed by atoms with E-state index in [-0.39, 0.29) is 18.0 Å². The highest BCUT2D eigenvalue weighted by atomic mass is 16.4. The number of anilines is 1. The zero-order chi connectivity index (χ0) is 10.7. The first-order valence-corrected chi connectivity index (χ1v) is 3.98. The van der Waals surface area contributed by atoms with Crippen LogP contribution in [0.4, 0.5) is 5.82 Å². The Hall–Kier alpha value is -1.91. The minimum absolute atomic E-state index is 0.161. The van der Waals surface area contributed by atoms with E-state index in [9.17, 15) is 9.59 Å². The van der Waals surface area contributed by atoms with Gasteiger partial charge >= 0.3 is 5.97 Å². The molecular formula is C9H10N2O3. The van der Waals surface area contributed by atoms with E-state index >= 15 is 0 Å². The Bertz CT molecular complexity index is 388. The predicted octanol–water partition coefficient (Wildman–Crippen LogP) is 0.494. The van der Waals surface area contributed by atoms with E-state index in [0.29, 0.717) is 11.3 Å². The summed E-state index contributed by atoms with van der Waals surface area (Å²) < 4.78 is 0. The van der Waals surface area contributed by atoms with Crippen molar-refractivity contribution in [3.63, 3.8) is 0 Å². The van der Waals surface area contributed by atoms with Crippen molar-refractivity contribution in [1.82, 2.24) is 4.98 Å². The first-order valence-electron chi connectivity index (χ1n) is 3.98. The molecule has 0 saturated carbocycles. The molecule has 0 amide bonds. The van der Waals surface area contributed by atoms with Crippen molar-refractivity contribution >= 4 is 17.6 Å². The van der Waals surface area contributed by atoms with Crippen molar-refractivity contribution in [2.75, 3.05) is 5.73 Å². The van der Waals surface area contributed by atoms with Crippen LogP contribution in [0.1, 0.15) is 23.0 Å². The summed E-state index contributed by atoms with van der Waals surface area (Å²) in [5.74, 6) is -1.00. The number of carboxylic acid groups (broad SMARTS) is 1. The van der Waals surface area contributed by atoms with Gasteiger partial charge in [0.05, 0.1) is 12.1 Å². The number of hydrogen-bond acceptors (Lipinski definition) is 4. The number of carbonyl (C=O) groups excluding carboxylic acids is 1. The normalized spacial score (nSPS) is 9.79. The van der Waals surface area contributed by atoms with Crippen LogP contribution < -0.4 is 5.73 Å². The standard InChI is InChI=1S/C9H10N2O3/c1-5(12)6-2-7(4-9(13)14)11-8(10)3-6/h2-3H,4H2,1H3,(H2,10,11)(H,13,14). The number of nitrogens with zero attached hydrogens (tertiary/aromatic N) is 1. The van der Waals surface area contributed by atoms with Gasteiger partial charge in [-0.25, -0.2) is 4.98 Å². The van der Waals surface area contributed by atoms with Crippen LogP contribution in [-0.4, -0.2) is 21.8 Å². The predicted molar refractivity (Wildman–Crippen MR) is 50.0 cm³/mol. The van der Waals surface area contributed by atoms with E-state index in [1.165, 1.54) is 19.1 Å². The number of carboxylic acids is 1. The Balaban J connectivity index is 3.07. The molecule has 1 rings (SSSR count). The molecule has 0 unspecified atom stereocenters. The van der Waals surface area contributed by atoms with Crippen molar-refractivity contribution < 1.29 is 14.7 Å². The molecule has 0 aromatic carbocycles. The lowest BCUT2D eigenvalue weighted by atomic mass is 10.1. The third-order valence-corrected chi connectivity index (χ3v) is 1.64. The molecule has 74 valence electrons. The molecule has 1 aromatic rings. The molecule has 0 spiro atoms. The Labute approximate surface area is 80.6 Å². The van der Waals surface area contributed by atoms with Gasteiger partial charge in [0.1, 0.15) is 5.82 Å². The molecule has 1 aromatic heterocycles. The molecule has 0 atom stereocenters. The molecule has 0 aliphatic heterocycles. The second-order valence-corrected chi connectivity index (χ2v) is 2.90. The summed E-state index contributed by atoms with van der Waals surface area (Å²) in [6.45, 7) is 1.39. The number of nitrogen functional groups attached to an aromatic ring is 1. The van der Waals surface area contributed by atoms with Gasteiger partial charge < -0.3 is 10.8 Å². The smallest absolute Gasteiger partial charge is 0.309 e. The number of aliphatic carboxylic acids is 1. The van der Waals surface area contributed by atoms with Gasteiger partial charge in [-0.2, -0.15) is 0 Å². The summed E-state index contributed by atoms with van der Waals surface area (Å²) in [4.78, 5) is 25.2. The number of nitrogens with two attached hydrogens (primary N) is 1. The van der Waals surface area contributed by atoms with Crippen molar-refractivity contribution in [2.24, 2.45) is 0 Å². The number of carbonyl (C=O) groups is 2. The molecule has 5 heteroatoms. The van der Waals surface area contributed by atoms with Gasteiger partial charge in [-0.1, -0.05) is 0 Å². The summed E-state index contributed by atoms with van der Waals surface area (Å²) in [5, 5.41) is 8.52. The fourth-order valence-electron chi connectivity index (χ4n) is 1.06. The van der Waals surface area contributed by atoms with Gasteiger partial charge in [0, 0.05) is 5.56 Å². The van der Waals surface area contributed by atoms with Crippen LogP contribution in [0.2, 0.25) is 0 Å². The highest BCUT2D eigenvalue weighted by Gasteiger charge is 2.07. The average Bonchev–Trinajstić information content (AvgIpc) is 2.01. The van der Waals surface area contributed by atoms with Crippen LogP contribution >= 0.6 is 0 Å². The molecule has 0 aliphatic rings. The lowest BCUT2D eigenvalue weighted by molar-refractivity contribution is -0.136. The number of Topliss-reactive ketones (excluding diaryl/α,β-unsaturated/α-hetero) is 1. The number of pyridine rings is 1. The van der Waals surface area contributed by atoms with Gasteiger partial charge in [0.25, 0.3) is 0 Å². The third kappa shape index (κ3) is 2.55. The molecule has 3 N–H and O–H groups in total. The molecule has 5 nitrogen and oxygen atoms in total. The average molecular weight is 194 g/mol. The zero-order valence-corrected chi connectivity index (χ0v) is 7.65. The summed E-state index contributed by atoms with van der Waals surface area (Å²) in [7, 11) is 0. The Morgan fingerprint density at radius 1 is 1.50 bits per heavy atom. The van der Waals surface area contributed by atoms with E-state index in [1.807, 2.05) is 0 Å². The van der Waals surface area contributed by atoms with E-state index in [2.05, 4.69) is 4.98 Å². The minimum Gasteiger partial charge on any atom is -0.481 e. The molecular weight excluding hydrogens is 184 g/mol. The maximum absolute atomic E-state index is 11.0. The summed E-state index contributed by atoms with van der Waals surface area (Å²) >= 11 is 0. The lowest BCUT2D eigenvalue weighted by Gasteiger charge is -2.01. The molecule has 14 heavy (non-hydrogen) atoms. The van der Waals surface area contributed by atoms with Gasteiger partial charge in [0.2, 0.25) is 0 Å². The number of hydrogen-bond donors (Lipinski definition) is 2. The monoisotopic (exact) mass is 194 g/mol.